The van der Waals surface area contributed by atoms with Crippen LogP contribution in [0.3, 0.4) is 0 Å². The third-order valence-electron chi connectivity index (χ3n) is 1.98. The van der Waals surface area contributed by atoms with E-state index in [4.69, 9.17) is 4.74 Å². The average Bonchev–Trinajstić information content (AvgIpc) is 2.83. The van der Waals surface area contributed by atoms with E-state index in [2.05, 4.69) is 15.0 Å². The van der Waals surface area contributed by atoms with Crippen LogP contribution in [0.2, 0.25) is 0 Å². The summed E-state index contributed by atoms with van der Waals surface area (Å²) in [7, 11) is 0. The molecule has 0 spiro atoms. The Morgan fingerprint density at radius 2 is 2.38 bits per heavy atom. The molecule has 0 radical (unpaired) electrons. The van der Waals surface area contributed by atoms with Gasteiger partial charge >= 0.3 is 5.97 Å². The number of hydrogen-bond acceptors (Lipinski definition) is 4. The largest absolute Gasteiger partial charge is 0.461 e. The number of aromatic amines is 1. The van der Waals surface area contributed by atoms with E-state index < -0.39 is 5.97 Å². The van der Waals surface area contributed by atoms with Gasteiger partial charge in [-0.2, -0.15) is 0 Å². The minimum atomic E-state index is -0.433. The number of nitrogens with one attached hydrogen (secondary N) is 1. The summed E-state index contributed by atoms with van der Waals surface area (Å²) in [6, 6.07) is 5.21. The molecule has 2 aromatic rings. The third kappa shape index (κ3) is 2.08. The highest BCUT2D eigenvalue weighted by atomic mass is 16.5. The van der Waals surface area contributed by atoms with Crippen LogP contribution >= 0.6 is 0 Å². The third-order valence-corrected chi connectivity index (χ3v) is 1.98. The zero-order valence-corrected chi connectivity index (χ0v) is 8.80. The molecular formula is C11H11N3O2. The predicted molar refractivity (Wildman–Crippen MR) is 57.8 cm³/mol. The Labute approximate surface area is 92.5 Å². The maximum Gasteiger partial charge on any atom is 0.357 e. The number of H-pyrrole nitrogens is 1. The van der Waals surface area contributed by atoms with Crippen LogP contribution in [0.1, 0.15) is 17.4 Å². The Morgan fingerprint density at radius 3 is 3.06 bits per heavy atom. The summed E-state index contributed by atoms with van der Waals surface area (Å²) in [5.41, 5.74) is 1.03. The summed E-state index contributed by atoms with van der Waals surface area (Å²) in [4.78, 5) is 22.6. The molecule has 0 aliphatic rings. The highest BCUT2D eigenvalue weighted by molar-refractivity contribution is 5.87. The first-order valence-electron chi connectivity index (χ1n) is 4.95. The van der Waals surface area contributed by atoms with Gasteiger partial charge in [0.2, 0.25) is 0 Å². The van der Waals surface area contributed by atoms with Crippen LogP contribution in [-0.4, -0.2) is 27.5 Å². The molecule has 5 nitrogen and oxygen atoms in total. The number of carbonyl (C=O) groups is 1. The number of ether oxygens (including phenoxy) is 1. The summed E-state index contributed by atoms with van der Waals surface area (Å²) < 4.78 is 4.86. The molecule has 0 fully saturated rings. The number of hydrogen-bond donors (Lipinski definition) is 1. The summed E-state index contributed by atoms with van der Waals surface area (Å²) in [5, 5.41) is 0. The van der Waals surface area contributed by atoms with Gasteiger partial charge in [-0.05, 0) is 25.1 Å². The van der Waals surface area contributed by atoms with Crippen LogP contribution < -0.4 is 0 Å². The lowest BCUT2D eigenvalue weighted by atomic mass is 10.3. The zero-order chi connectivity index (χ0) is 11.4. The van der Waals surface area contributed by atoms with Crippen LogP contribution in [0.5, 0.6) is 0 Å². The van der Waals surface area contributed by atoms with Crippen molar-refractivity contribution in [2.24, 2.45) is 0 Å². The summed E-state index contributed by atoms with van der Waals surface area (Å²) >= 11 is 0. The van der Waals surface area contributed by atoms with E-state index in [0.29, 0.717) is 12.4 Å². The Kier molecular flexibility index (Phi) is 2.95. The lowest BCUT2D eigenvalue weighted by molar-refractivity contribution is 0.0519. The van der Waals surface area contributed by atoms with Gasteiger partial charge in [-0.1, -0.05) is 0 Å². The topological polar surface area (TPSA) is 67.9 Å². The van der Waals surface area contributed by atoms with E-state index in [1.807, 2.05) is 12.1 Å². The molecule has 2 aromatic heterocycles. The van der Waals surface area contributed by atoms with Crippen molar-refractivity contribution in [2.75, 3.05) is 6.61 Å². The Morgan fingerprint density at radius 1 is 1.50 bits per heavy atom. The van der Waals surface area contributed by atoms with Crippen molar-refractivity contribution < 1.29 is 9.53 Å². The highest BCUT2D eigenvalue weighted by Gasteiger charge is 2.10. The second kappa shape index (κ2) is 4.57. The van der Waals surface area contributed by atoms with E-state index in [0.717, 1.165) is 5.69 Å². The SMILES string of the molecule is CCOC(=O)c1ccnc(-c2ccc[nH]2)n1. The first-order chi connectivity index (χ1) is 7.81. The van der Waals surface area contributed by atoms with Crippen molar-refractivity contribution >= 4 is 5.97 Å². The standard InChI is InChI=1S/C11H11N3O2/c1-2-16-11(15)9-5-7-13-10(14-9)8-4-3-6-12-8/h3-7,12H,2H2,1H3. The predicted octanol–water partition coefficient (Wildman–Crippen LogP) is 1.65. The van der Waals surface area contributed by atoms with Crippen molar-refractivity contribution in [2.45, 2.75) is 6.92 Å². The molecule has 2 rings (SSSR count). The molecule has 0 aromatic carbocycles. The maximum atomic E-state index is 11.4. The fourth-order valence-corrected chi connectivity index (χ4v) is 1.28. The molecule has 16 heavy (non-hydrogen) atoms. The smallest absolute Gasteiger partial charge is 0.357 e. The molecule has 0 saturated carbocycles. The summed E-state index contributed by atoms with van der Waals surface area (Å²) in [6.45, 7) is 2.09. The molecule has 0 unspecified atom stereocenters. The van der Waals surface area contributed by atoms with E-state index >= 15 is 0 Å². The quantitative estimate of drug-likeness (QED) is 0.794. The second-order valence-corrected chi connectivity index (χ2v) is 3.07. The maximum absolute atomic E-state index is 11.4. The van der Waals surface area contributed by atoms with Gasteiger partial charge in [0.15, 0.2) is 11.5 Å². The number of nitrogens with zero attached hydrogens (tertiary/aromatic N) is 2. The van der Waals surface area contributed by atoms with Gasteiger partial charge in [0, 0.05) is 12.4 Å². The first-order valence-corrected chi connectivity index (χ1v) is 4.95. The fraction of sp³-hybridized carbons (Fsp3) is 0.182. The molecule has 82 valence electrons. The van der Waals surface area contributed by atoms with Crippen LogP contribution in [-0.2, 0) is 4.74 Å². The molecule has 1 N–H and O–H groups in total. The van der Waals surface area contributed by atoms with Crippen molar-refractivity contribution in [3.63, 3.8) is 0 Å². The molecule has 0 bridgehead atoms. The van der Waals surface area contributed by atoms with E-state index in [1.54, 1.807) is 13.1 Å². The highest BCUT2D eigenvalue weighted by Crippen LogP contribution is 2.11. The Balaban J connectivity index is 2.30. The van der Waals surface area contributed by atoms with Gasteiger partial charge in [-0.3, -0.25) is 0 Å². The van der Waals surface area contributed by atoms with Gasteiger partial charge in [0.25, 0.3) is 0 Å². The van der Waals surface area contributed by atoms with Gasteiger partial charge < -0.3 is 9.72 Å². The van der Waals surface area contributed by atoms with Gasteiger partial charge in [-0.25, -0.2) is 14.8 Å². The fourth-order valence-electron chi connectivity index (χ4n) is 1.28. The number of carbonyl (C=O) groups excluding carboxylic acids is 1. The normalized spacial score (nSPS) is 10.1. The van der Waals surface area contributed by atoms with Gasteiger partial charge in [0.1, 0.15) is 0 Å². The van der Waals surface area contributed by atoms with Gasteiger partial charge in [-0.15, -0.1) is 0 Å². The molecule has 0 aliphatic heterocycles. The van der Waals surface area contributed by atoms with Crippen LogP contribution in [0.4, 0.5) is 0 Å². The van der Waals surface area contributed by atoms with Crippen LogP contribution in [0.25, 0.3) is 11.5 Å². The number of aromatic nitrogens is 3. The molecule has 0 amide bonds. The molecule has 2 heterocycles. The van der Waals surface area contributed by atoms with Gasteiger partial charge in [0.05, 0.1) is 12.3 Å². The minimum absolute atomic E-state index is 0.265. The van der Waals surface area contributed by atoms with Crippen molar-refractivity contribution in [3.05, 3.63) is 36.3 Å². The Bertz CT molecular complexity index is 480. The summed E-state index contributed by atoms with van der Waals surface area (Å²) in [5.74, 6) is 0.0493. The van der Waals surface area contributed by atoms with E-state index in [1.165, 1.54) is 12.3 Å². The molecule has 5 heteroatoms. The molecule has 0 aliphatic carbocycles. The van der Waals surface area contributed by atoms with Crippen molar-refractivity contribution in [1.29, 1.82) is 0 Å². The second-order valence-electron chi connectivity index (χ2n) is 3.07. The number of esters is 1. The van der Waals surface area contributed by atoms with E-state index in [9.17, 15) is 4.79 Å². The van der Waals surface area contributed by atoms with Crippen molar-refractivity contribution in [1.82, 2.24) is 15.0 Å². The summed E-state index contributed by atoms with van der Waals surface area (Å²) in [6.07, 6.45) is 3.31. The number of rotatable bonds is 3. The lowest BCUT2D eigenvalue weighted by Gasteiger charge is -2.01. The zero-order valence-electron chi connectivity index (χ0n) is 8.80. The lowest BCUT2D eigenvalue weighted by Crippen LogP contribution is -2.08. The molecule has 0 atom stereocenters. The first kappa shape index (κ1) is 10.4. The monoisotopic (exact) mass is 217 g/mol. The van der Waals surface area contributed by atoms with Crippen molar-refractivity contribution in [3.8, 4) is 11.5 Å². The Hall–Kier alpha value is -2.17. The molecular weight excluding hydrogens is 206 g/mol. The van der Waals surface area contributed by atoms with Crippen LogP contribution in [0.15, 0.2) is 30.6 Å². The average molecular weight is 217 g/mol. The molecule has 0 saturated heterocycles. The van der Waals surface area contributed by atoms with E-state index in [-0.39, 0.29) is 5.69 Å². The van der Waals surface area contributed by atoms with Crippen LogP contribution in [0, 0.1) is 0 Å². The minimum Gasteiger partial charge on any atom is -0.461 e.